The van der Waals surface area contributed by atoms with Gasteiger partial charge in [0.25, 0.3) is 0 Å². The first-order chi connectivity index (χ1) is 4.43. The Balaban J connectivity index is 2.26. The molecule has 0 spiro atoms. The zero-order valence-corrected chi connectivity index (χ0v) is 5.02. The molecule has 0 bridgehead atoms. The third kappa shape index (κ3) is 2.09. The van der Waals surface area contributed by atoms with E-state index in [1.54, 1.807) is 6.29 Å². The van der Waals surface area contributed by atoms with E-state index in [-0.39, 0.29) is 0 Å². The Morgan fingerprint density at radius 2 is 2.44 bits per heavy atom. The summed E-state index contributed by atoms with van der Waals surface area (Å²) in [5, 5.41) is 3.00. The van der Waals surface area contributed by atoms with Gasteiger partial charge in [-0.25, -0.2) is 5.48 Å². The molecule has 1 radical (unpaired) electrons. The van der Waals surface area contributed by atoms with Gasteiger partial charge >= 0.3 is 0 Å². The van der Waals surface area contributed by atoms with Gasteiger partial charge in [0.2, 0.25) is 6.29 Å². The minimum Gasteiger partial charge on any atom is -0.312 e. The lowest BCUT2D eigenvalue weighted by Crippen LogP contribution is -2.28. The Morgan fingerprint density at radius 1 is 1.56 bits per heavy atom. The highest BCUT2D eigenvalue weighted by Gasteiger charge is 2.10. The van der Waals surface area contributed by atoms with Crippen LogP contribution in [0.25, 0.3) is 0 Å². The van der Waals surface area contributed by atoms with Crippen molar-refractivity contribution in [3.63, 3.8) is 0 Å². The van der Waals surface area contributed by atoms with Crippen LogP contribution >= 0.6 is 0 Å². The maximum absolute atomic E-state index is 9.98. The molecule has 0 aromatic rings. The lowest BCUT2D eigenvalue weighted by molar-refractivity contribution is 0.0251. The first-order valence-electron chi connectivity index (χ1n) is 2.90. The van der Waals surface area contributed by atoms with Crippen molar-refractivity contribution in [2.75, 3.05) is 19.6 Å². The molecule has 0 saturated carbocycles. The maximum atomic E-state index is 9.98. The summed E-state index contributed by atoms with van der Waals surface area (Å²) in [6, 6.07) is 0. The van der Waals surface area contributed by atoms with Gasteiger partial charge in [-0.2, -0.15) is 0 Å². The van der Waals surface area contributed by atoms with E-state index in [0.29, 0.717) is 6.54 Å². The van der Waals surface area contributed by atoms with Crippen molar-refractivity contribution >= 4 is 6.29 Å². The minimum absolute atomic E-state index is 0.451. The third-order valence-corrected chi connectivity index (χ3v) is 1.09. The number of rotatable bonds is 1. The Bertz CT molecular complexity index is 89.0. The van der Waals surface area contributed by atoms with E-state index in [0.717, 1.165) is 13.1 Å². The minimum atomic E-state index is -0.451. The van der Waals surface area contributed by atoms with Crippen molar-refractivity contribution in [1.29, 1.82) is 0 Å². The van der Waals surface area contributed by atoms with E-state index in [1.807, 2.05) is 0 Å². The Morgan fingerprint density at radius 3 is 3.22 bits per heavy atom. The van der Waals surface area contributed by atoms with Gasteiger partial charge in [-0.15, -0.1) is 0 Å². The highest BCUT2D eigenvalue weighted by atomic mass is 16.7. The first-order valence-corrected chi connectivity index (χ1v) is 2.90. The quantitative estimate of drug-likeness (QED) is 0.456. The van der Waals surface area contributed by atoms with E-state index in [1.165, 1.54) is 0 Å². The van der Waals surface area contributed by atoms with Crippen LogP contribution in [0.4, 0.5) is 0 Å². The van der Waals surface area contributed by atoms with E-state index in [2.05, 4.69) is 10.8 Å². The zero-order chi connectivity index (χ0) is 6.53. The predicted molar refractivity (Wildman–Crippen MR) is 31.4 cm³/mol. The SMILES string of the molecule is O=[C]C1CNCCNO1. The molecule has 4 heteroatoms. The molecule has 1 saturated heterocycles. The Kier molecular flexibility index (Phi) is 2.63. The smallest absolute Gasteiger partial charge is 0.233 e. The van der Waals surface area contributed by atoms with Crippen LogP contribution in [-0.4, -0.2) is 32.0 Å². The zero-order valence-electron chi connectivity index (χ0n) is 5.02. The van der Waals surface area contributed by atoms with E-state index >= 15 is 0 Å². The molecule has 0 amide bonds. The summed E-state index contributed by atoms with van der Waals surface area (Å²) in [7, 11) is 0. The average molecular weight is 129 g/mol. The maximum Gasteiger partial charge on any atom is 0.233 e. The fourth-order valence-electron chi connectivity index (χ4n) is 0.639. The highest BCUT2D eigenvalue weighted by Crippen LogP contribution is 1.84. The van der Waals surface area contributed by atoms with Crippen LogP contribution in [0.3, 0.4) is 0 Å². The molecule has 4 nitrogen and oxygen atoms in total. The van der Waals surface area contributed by atoms with Crippen LogP contribution in [0.1, 0.15) is 0 Å². The van der Waals surface area contributed by atoms with Crippen molar-refractivity contribution in [2.45, 2.75) is 6.10 Å². The number of hydrogen-bond donors (Lipinski definition) is 2. The molecule has 1 aliphatic rings. The molecule has 2 N–H and O–H groups in total. The molecule has 1 heterocycles. The van der Waals surface area contributed by atoms with Gasteiger partial charge in [-0.05, 0) is 0 Å². The summed E-state index contributed by atoms with van der Waals surface area (Å²) < 4.78 is 0. The van der Waals surface area contributed by atoms with Crippen molar-refractivity contribution in [3.05, 3.63) is 0 Å². The number of carbonyl (C=O) groups excluding carboxylic acids is 1. The van der Waals surface area contributed by atoms with Gasteiger partial charge in [0.05, 0.1) is 0 Å². The summed E-state index contributed by atoms with van der Waals surface area (Å²) in [5.41, 5.74) is 2.62. The molecule has 51 valence electrons. The molecule has 0 aromatic heterocycles. The van der Waals surface area contributed by atoms with Gasteiger partial charge in [0.15, 0.2) is 6.10 Å². The Hall–Kier alpha value is -0.450. The highest BCUT2D eigenvalue weighted by molar-refractivity contribution is 5.57. The molecule has 0 aromatic carbocycles. The molecule has 1 fully saturated rings. The van der Waals surface area contributed by atoms with Crippen LogP contribution in [0.15, 0.2) is 0 Å². The van der Waals surface area contributed by atoms with Gasteiger partial charge in [0.1, 0.15) is 0 Å². The predicted octanol–water partition coefficient (Wildman–Crippen LogP) is -1.41. The van der Waals surface area contributed by atoms with Gasteiger partial charge in [-0.1, -0.05) is 0 Å². The van der Waals surface area contributed by atoms with E-state index in [9.17, 15) is 4.79 Å². The molecule has 9 heavy (non-hydrogen) atoms. The van der Waals surface area contributed by atoms with Crippen molar-refractivity contribution in [1.82, 2.24) is 10.8 Å². The molecule has 1 atom stereocenters. The molecule has 1 aliphatic heterocycles. The first kappa shape index (κ1) is 6.67. The lowest BCUT2D eigenvalue weighted by atomic mass is 10.4. The third-order valence-electron chi connectivity index (χ3n) is 1.09. The second-order valence-electron chi connectivity index (χ2n) is 1.82. The van der Waals surface area contributed by atoms with Crippen molar-refractivity contribution in [3.8, 4) is 0 Å². The molecule has 0 aliphatic carbocycles. The molecular formula is C5H9N2O2. The number of hydroxylamine groups is 1. The number of hydrogen-bond acceptors (Lipinski definition) is 4. The molecule has 1 unspecified atom stereocenters. The van der Waals surface area contributed by atoms with Gasteiger partial charge in [-0.3, -0.25) is 9.63 Å². The summed E-state index contributed by atoms with van der Waals surface area (Å²) in [6.45, 7) is 2.12. The van der Waals surface area contributed by atoms with Gasteiger partial charge < -0.3 is 5.32 Å². The molecular weight excluding hydrogens is 120 g/mol. The summed E-state index contributed by atoms with van der Waals surface area (Å²) >= 11 is 0. The molecule has 1 rings (SSSR count). The van der Waals surface area contributed by atoms with E-state index < -0.39 is 6.10 Å². The van der Waals surface area contributed by atoms with Crippen LogP contribution in [-0.2, 0) is 9.63 Å². The second-order valence-corrected chi connectivity index (χ2v) is 1.82. The summed E-state index contributed by atoms with van der Waals surface area (Å²) in [6.07, 6.45) is 1.30. The monoisotopic (exact) mass is 129 g/mol. The summed E-state index contributed by atoms with van der Waals surface area (Å²) in [5.74, 6) is 0. The lowest BCUT2D eigenvalue weighted by Gasteiger charge is -2.03. The number of nitrogens with one attached hydrogen (secondary N) is 2. The fraction of sp³-hybridized carbons (Fsp3) is 0.800. The van der Waals surface area contributed by atoms with Crippen molar-refractivity contribution < 1.29 is 9.63 Å². The normalized spacial score (nSPS) is 29.1. The van der Waals surface area contributed by atoms with Crippen LogP contribution in [0, 0.1) is 0 Å². The standard InChI is InChI=1S/C5H9N2O2/c8-4-5-3-6-1-2-7-9-5/h5-7H,1-3H2. The van der Waals surface area contributed by atoms with E-state index in [4.69, 9.17) is 4.84 Å². The average Bonchev–Trinajstić information content (AvgIpc) is 2.13. The van der Waals surface area contributed by atoms with Crippen LogP contribution < -0.4 is 10.8 Å². The van der Waals surface area contributed by atoms with Crippen LogP contribution in [0.2, 0.25) is 0 Å². The second kappa shape index (κ2) is 3.55. The summed E-state index contributed by atoms with van der Waals surface area (Å²) in [4.78, 5) is 14.8. The topological polar surface area (TPSA) is 50.4 Å². The van der Waals surface area contributed by atoms with Crippen molar-refractivity contribution in [2.24, 2.45) is 0 Å². The van der Waals surface area contributed by atoms with Gasteiger partial charge in [0, 0.05) is 19.6 Å². The largest absolute Gasteiger partial charge is 0.312 e. The Labute approximate surface area is 53.5 Å². The fourth-order valence-corrected chi connectivity index (χ4v) is 0.639. The van der Waals surface area contributed by atoms with Crippen LogP contribution in [0.5, 0.6) is 0 Å².